The standard InChI is InChI=1S/C18H21F2N3/c1-12(2)14-8-9-22-16(10-14)17(21)23-11-13-4-6-15(7-5-13)18(3,19)20/h4-10,12H,11H2,1-3H3,(H2,21,23). The van der Waals surface area contributed by atoms with Crippen LogP contribution < -0.4 is 5.73 Å². The molecule has 1 aromatic carbocycles. The van der Waals surface area contributed by atoms with Gasteiger partial charge in [0.1, 0.15) is 11.5 Å². The minimum absolute atomic E-state index is 0.00972. The predicted molar refractivity (Wildman–Crippen MR) is 88.8 cm³/mol. The molecular formula is C18H21F2N3. The number of aliphatic imine (C=N–C) groups is 1. The van der Waals surface area contributed by atoms with Crippen LogP contribution in [0.15, 0.2) is 47.6 Å². The Labute approximate surface area is 135 Å². The molecule has 122 valence electrons. The molecule has 1 heterocycles. The quantitative estimate of drug-likeness (QED) is 0.663. The van der Waals surface area contributed by atoms with Crippen LogP contribution in [0.5, 0.6) is 0 Å². The number of hydrogen-bond acceptors (Lipinski definition) is 2. The smallest absolute Gasteiger partial charge is 0.270 e. The maximum Gasteiger partial charge on any atom is 0.270 e. The highest BCUT2D eigenvalue weighted by molar-refractivity contribution is 5.95. The molecule has 3 nitrogen and oxygen atoms in total. The van der Waals surface area contributed by atoms with Gasteiger partial charge in [-0.1, -0.05) is 38.1 Å². The molecule has 0 aliphatic heterocycles. The second-order valence-electron chi connectivity index (χ2n) is 5.92. The molecule has 5 heteroatoms. The molecule has 1 aromatic heterocycles. The lowest BCUT2D eigenvalue weighted by Gasteiger charge is -2.10. The average Bonchev–Trinajstić information content (AvgIpc) is 2.52. The van der Waals surface area contributed by atoms with E-state index in [1.54, 1.807) is 18.3 Å². The van der Waals surface area contributed by atoms with Crippen LogP contribution in [0.3, 0.4) is 0 Å². The van der Waals surface area contributed by atoms with Gasteiger partial charge in [-0.05, 0) is 29.2 Å². The molecule has 0 amide bonds. The summed E-state index contributed by atoms with van der Waals surface area (Å²) in [4.78, 5) is 8.53. The Morgan fingerprint density at radius 3 is 2.43 bits per heavy atom. The molecule has 2 rings (SSSR count). The van der Waals surface area contributed by atoms with Crippen LogP contribution in [0.25, 0.3) is 0 Å². The number of halogens is 2. The Morgan fingerprint density at radius 2 is 1.87 bits per heavy atom. The SMILES string of the molecule is CC(C)c1ccnc(C(N)=NCc2ccc(C(C)(F)F)cc2)c1. The van der Waals surface area contributed by atoms with E-state index in [9.17, 15) is 8.78 Å². The van der Waals surface area contributed by atoms with Gasteiger partial charge in [0.15, 0.2) is 0 Å². The second kappa shape index (κ2) is 6.86. The summed E-state index contributed by atoms with van der Waals surface area (Å²) >= 11 is 0. The average molecular weight is 317 g/mol. The van der Waals surface area contributed by atoms with Crippen molar-refractivity contribution in [3.05, 3.63) is 65.0 Å². The first-order chi connectivity index (χ1) is 10.8. The number of benzene rings is 1. The van der Waals surface area contributed by atoms with Gasteiger partial charge >= 0.3 is 0 Å². The molecule has 23 heavy (non-hydrogen) atoms. The van der Waals surface area contributed by atoms with E-state index in [1.807, 2.05) is 12.1 Å². The number of alkyl halides is 2. The Hall–Kier alpha value is -2.30. The van der Waals surface area contributed by atoms with E-state index in [0.717, 1.165) is 18.1 Å². The van der Waals surface area contributed by atoms with Crippen LogP contribution in [0.1, 0.15) is 49.1 Å². The fourth-order valence-corrected chi connectivity index (χ4v) is 2.11. The first-order valence-electron chi connectivity index (χ1n) is 7.51. The largest absolute Gasteiger partial charge is 0.382 e. The summed E-state index contributed by atoms with van der Waals surface area (Å²) in [7, 11) is 0. The third-order valence-corrected chi connectivity index (χ3v) is 3.61. The van der Waals surface area contributed by atoms with Crippen LogP contribution in [0.4, 0.5) is 8.78 Å². The van der Waals surface area contributed by atoms with Crippen molar-refractivity contribution in [2.24, 2.45) is 10.7 Å². The van der Waals surface area contributed by atoms with Gasteiger partial charge in [0.2, 0.25) is 0 Å². The van der Waals surface area contributed by atoms with Crippen molar-refractivity contribution in [3.8, 4) is 0 Å². The van der Waals surface area contributed by atoms with Crippen molar-refractivity contribution in [2.75, 3.05) is 0 Å². The summed E-state index contributed by atoms with van der Waals surface area (Å²) in [5, 5.41) is 0. The normalized spacial score (nSPS) is 12.7. The maximum absolute atomic E-state index is 13.2. The third-order valence-electron chi connectivity index (χ3n) is 3.61. The maximum atomic E-state index is 13.2. The Balaban J connectivity index is 2.12. The van der Waals surface area contributed by atoms with Gasteiger partial charge in [0, 0.05) is 18.7 Å². The molecule has 0 bridgehead atoms. The highest BCUT2D eigenvalue weighted by Gasteiger charge is 2.23. The zero-order valence-corrected chi connectivity index (χ0v) is 13.6. The van der Waals surface area contributed by atoms with Crippen molar-refractivity contribution < 1.29 is 8.78 Å². The van der Waals surface area contributed by atoms with E-state index < -0.39 is 5.92 Å². The predicted octanol–water partition coefficient (Wildman–Crippen LogP) is 4.22. The summed E-state index contributed by atoms with van der Waals surface area (Å²) in [6.45, 7) is 5.40. The molecular weight excluding hydrogens is 296 g/mol. The van der Waals surface area contributed by atoms with Gasteiger partial charge < -0.3 is 5.73 Å². The summed E-state index contributed by atoms with van der Waals surface area (Å²) in [6, 6.07) is 9.98. The molecule has 0 saturated heterocycles. The topological polar surface area (TPSA) is 51.3 Å². The van der Waals surface area contributed by atoms with E-state index in [4.69, 9.17) is 5.73 Å². The molecule has 0 aliphatic carbocycles. The molecule has 0 aliphatic rings. The Kier molecular flexibility index (Phi) is 5.08. The Morgan fingerprint density at radius 1 is 1.22 bits per heavy atom. The number of nitrogens with two attached hydrogens (primary N) is 1. The first-order valence-corrected chi connectivity index (χ1v) is 7.51. The summed E-state index contributed by atoms with van der Waals surface area (Å²) < 4.78 is 26.3. The van der Waals surface area contributed by atoms with E-state index in [2.05, 4.69) is 23.8 Å². The van der Waals surface area contributed by atoms with E-state index >= 15 is 0 Å². The number of rotatable bonds is 5. The van der Waals surface area contributed by atoms with Gasteiger partial charge in [-0.25, -0.2) is 8.78 Å². The fourth-order valence-electron chi connectivity index (χ4n) is 2.11. The summed E-state index contributed by atoms with van der Waals surface area (Å²) in [5.74, 6) is -2.10. The van der Waals surface area contributed by atoms with Gasteiger partial charge in [-0.15, -0.1) is 0 Å². The van der Waals surface area contributed by atoms with E-state index in [0.29, 0.717) is 24.0 Å². The van der Waals surface area contributed by atoms with Crippen LogP contribution in [-0.4, -0.2) is 10.8 Å². The van der Waals surface area contributed by atoms with Crippen molar-refractivity contribution in [3.63, 3.8) is 0 Å². The number of pyridine rings is 1. The summed E-state index contributed by atoms with van der Waals surface area (Å²) in [6.07, 6.45) is 1.71. The van der Waals surface area contributed by atoms with E-state index in [-0.39, 0.29) is 5.56 Å². The summed E-state index contributed by atoms with van der Waals surface area (Å²) in [5.41, 5.74) is 8.56. The Bertz CT molecular complexity index is 686. The molecule has 2 N–H and O–H groups in total. The number of nitrogens with zero attached hydrogens (tertiary/aromatic N) is 2. The van der Waals surface area contributed by atoms with Crippen molar-refractivity contribution in [1.82, 2.24) is 4.98 Å². The zero-order valence-electron chi connectivity index (χ0n) is 13.6. The minimum Gasteiger partial charge on any atom is -0.382 e. The van der Waals surface area contributed by atoms with Gasteiger partial charge in [0.05, 0.1) is 6.54 Å². The number of amidine groups is 1. The lowest BCUT2D eigenvalue weighted by Crippen LogP contribution is -2.16. The molecule has 0 spiro atoms. The highest BCUT2D eigenvalue weighted by Crippen LogP contribution is 2.26. The molecule has 0 fully saturated rings. The van der Waals surface area contributed by atoms with E-state index in [1.165, 1.54) is 12.1 Å². The fraction of sp³-hybridized carbons (Fsp3) is 0.333. The zero-order chi connectivity index (χ0) is 17.0. The molecule has 0 unspecified atom stereocenters. The van der Waals surface area contributed by atoms with Crippen molar-refractivity contribution in [1.29, 1.82) is 0 Å². The lowest BCUT2D eigenvalue weighted by atomic mass is 10.0. The molecule has 0 radical (unpaired) electrons. The third kappa shape index (κ3) is 4.58. The molecule has 0 atom stereocenters. The van der Waals surface area contributed by atoms with Gasteiger partial charge in [-0.2, -0.15) is 0 Å². The van der Waals surface area contributed by atoms with Gasteiger partial charge in [0.25, 0.3) is 5.92 Å². The second-order valence-corrected chi connectivity index (χ2v) is 5.92. The molecule has 0 saturated carbocycles. The number of aromatic nitrogens is 1. The monoisotopic (exact) mass is 317 g/mol. The highest BCUT2D eigenvalue weighted by atomic mass is 19.3. The van der Waals surface area contributed by atoms with Crippen LogP contribution in [0.2, 0.25) is 0 Å². The van der Waals surface area contributed by atoms with Crippen molar-refractivity contribution in [2.45, 2.75) is 39.2 Å². The van der Waals surface area contributed by atoms with Crippen molar-refractivity contribution >= 4 is 5.84 Å². The van der Waals surface area contributed by atoms with Gasteiger partial charge in [-0.3, -0.25) is 9.98 Å². The van der Waals surface area contributed by atoms with Crippen LogP contribution in [0, 0.1) is 0 Å². The first kappa shape index (κ1) is 17.1. The van der Waals surface area contributed by atoms with Crippen LogP contribution >= 0.6 is 0 Å². The minimum atomic E-state index is -2.83. The molecule has 2 aromatic rings. The lowest BCUT2D eigenvalue weighted by molar-refractivity contribution is 0.0174. The number of hydrogen-bond donors (Lipinski definition) is 1. The van der Waals surface area contributed by atoms with Crippen LogP contribution in [-0.2, 0) is 12.5 Å².